The van der Waals surface area contributed by atoms with E-state index in [-0.39, 0.29) is 5.41 Å². The molecule has 3 heteroatoms. The van der Waals surface area contributed by atoms with Crippen molar-refractivity contribution in [3.63, 3.8) is 0 Å². The van der Waals surface area contributed by atoms with Gasteiger partial charge >= 0.3 is 0 Å². The lowest BCUT2D eigenvalue weighted by Crippen LogP contribution is -2.47. The Morgan fingerprint density at radius 3 is 2.00 bits per heavy atom. The van der Waals surface area contributed by atoms with Crippen molar-refractivity contribution in [2.24, 2.45) is 5.41 Å². The largest absolute Gasteiger partial charge is 0.356 e. The van der Waals surface area contributed by atoms with Crippen LogP contribution in [-0.2, 0) is 0 Å². The Labute approximate surface area is 95.0 Å². The minimum absolute atomic E-state index is 0.0589. The van der Waals surface area contributed by atoms with Crippen molar-refractivity contribution in [1.29, 1.82) is 5.41 Å². The first-order valence-corrected chi connectivity index (χ1v) is 5.70. The Hall–Kier alpha value is -0.570. The van der Waals surface area contributed by atoms with Crippen LogP contribution in [0.3, 0.4) is 0 Å². The first-order valence-electron chi connectivity index (χ1n) is 5.70. The van der Waals surface area contributed by atoms with Gasteiger partial charge in [0, 0.05) is 24.5 Å². The molecule has 0 aliphatic rings. The second-order valence-electron chi connectivity index (χ2n) is 5.50. The van der Waals surface area contributed by atoms with Gasteiger partial charge in [-0.3, -0.25) is 5.41 Å². The SMILES string of the molecule is CCN(C(=N)C(C)(C)C)C(C)CN(C)C. The minimum Gasteiger partial charge on any atom is -0.356 e. The average Bonchev–Trinajstić information content (AvgIpc) is 2.01. The highest BCUT2D eigenvalue weighted by Gasteiger charge is 2.25. The van der Waals surface area contributed by atoms with Gasteiger partial charge in [0.25, 0.3) is 0 Å². The summed E-state index contributed by atoms with van der Waals surface area (Å²) < 4.78 is 0. The highest BCUT2D eigenvalue weighted by Crippen LogP contribution is 2.19. The van der Waals surface area contributed by atoms with E-state index in [9.17, 15) is 0 Å². The molecule has 0 heterocycles. The molecule has 1 N–H and O–H groups in total. The van der Waals surface area contributed by atoms with Crippen LogP contribution in [0.25, 0.3) is 0 Å². The molecular formula is C12H27N3. The number of rotatable bonds is 4. The zero-order chi connectivity index (χ0) is 12.2. The summed E-state index contributed by atoms with van der Waals surface area (Å²) in [5, 5.41) is 8.18. The third-order valence-corrected chi connectivity index (χ3v) is 2.50. The van der Waals surface area contributed by atoms with E-state index < -0.39 is 0 Å². The molecule has 0 radical (unpaired) electrons. The molecule has 3 nitrogen and oxygen atoms in total. The maximum Gasteiger partial charge on any atom is 0.102 e. The molecule has 0 aliphatic heterocycles. The molecular weight excluding hydrogens is 186 g/mol. The molecule has 0 bridgehead atoms. The molecule has 0 aromatic carbocycles. The zero-order valence-corrected chi connectivity index (χ0v) is 11.4. The van der Waals surface area contributed by atoms with Crippen molar-refractivity contribution in [1.82, 2.24) is 9.80 Å². The van der Waals surface area contributed by atoms with Crippen LogP contribution in [0.15, 0.2) is 0 Å². The molecule has 90 valence electrons. The number of nitrogens with zero attached hydrogens (tertiary/aromatic N) is 2. The van der Waals surface area contributed by atoms with E-state index in [1.54, 1.807) is 0 Å². The normalized spacial score (nSPS) is 14.1. The number of nitrogens with one attached hydrogen (secondary N) is 1. The average molecular weight is 213 g/mol. The van der Waals surface area contributed by atoms with E-state index in [4.69, 9.17) is 5.41 Å². The second-order valence-corrected chi connectivity index (χ2v) is 5.50. The fourth-order valence-electron chi connectivity index (χ4n) is 1.75. The third-order valence-electron chi connectivity index (χ3n) is 2.50. The summed E-state index contributed by atoms with van der Waals surface area (Å²) in [6.07, 6.45) is 0. The molecule has 0 saturated heterocycles. The van der Waals surface area contributed by atoms with E-state index in [1.165, 1.54) is 0 Å². The topological polar surface area (TPSA) is 30.3 Å². The van der Waals surface area contributed by atoms with Gasteiger partial charge in [0.15, 0.2) is 0 Å². The summed E-state index contributed by atoms with van der Waals surface area (Å²) in [6.45, 7) is 12.5. The Kier molecular flexibility index (Phi) is 5.29. The monoisotopic (exact) mass is 213 g/mol. The van der Waals surface area contributed by atoms with Crippen molar-refractivity contribution in [2.75, 3.05) is 27.2 Å². The maximum atomic E-state index is 8.18. The standard InChI is InChI=1S/C12H27N3/c1-8-15(10(2)9-14(6)7)11(13)12(3,4)5/h10,13H,8-9H2,1-7H3. The van der Waals surface area contributed by atoms with Crippen molar-refractivity contribution < 1.29 is 0 Å². The smallest absolute Gasteiger partial charge is 0.102 e. The van der Waals surface area contributed by atoms with Crippen molar-refractivity contribution in [3.8, 4) is 0 Å². The van der Waals surface area contributed by atoms with Crippen LogP contribution in [-0.4, -0.2) is 48.9 Å². The Bertz CT molecular complexity index is 203. The molecule has 15 heavy (non-hydrogen) atoms. The lowest BCUT2D eigenvalue weighted by molar-refractivity contribution is 0.246. The highest BCUT2D eigenvalue weighted by atomic mass is 15.2. The van der Waals surface area contributed by atoms with Crippen LogP contribution in [0.1, 0.15) is 34.6 Å². The van der Waals surface area contributed by atoms with Gasteiger partial charge in [-0.1, -0.05) is 20.8 Å². The third kappa shape index (κ3) is 4.65. The zero-order valence-electron chi connectivity index (χ0n) is 11.4. The lowest BCUT2D eigenvalue weighted by Gasteiger charge is -2.37. The highest BCUT2D eigenvalue weighted by molar-refractivity contribution is 5.84. The quantitative estimate of drug-likeness (QED) is 0.573. The van der Waals surface area contributed by atoms with Crippen LogP contribution in [0, 0.1) is 10.8 Å². The van der Waals surface area contributed by atoms with E-state index in [0.29, 0.717) is 6.04 Å². The van der Waals surface area contributed by atoms with Crippen molar-refractivity contribution >= 4 is 5.84 Å². The van der Waals surface area contributed by atoms with Gasteiger partial charge in [-0.05, 0) is 27.9 Å². The van der Waals surface area contributed by atoms with Gasteiger partial charge in [0.05, 0.1) is 0 Å². The molecule has 0 aliphatic carbocycles. The predicted octanol–water partition coefficient (Wildman–Crippen LogP) is 2.28. The number of hydrogen-bond acceptors (Lipinski definition) is 2. The van der Waals surface area contributed by atoms with Crippen molar-refractivity contribution in [3.05, 3.63) is 0 Å². The van der Waals surface area contributed by atoms with Crippen molar-refractivity contribution in [2.45, 2.75) is 40.7 Å². The molecule has 0 spiro atoms. The number of likely N-dealkylation sites (N-methyl/N-ethyl adjacent to an activating group) is 2. The Morgan fingerprint density at radius 1 is 1.27 bits per heavy atom. The first-order chi connectivity index (χ1) is 6.70. The number of hydrogen-bond donors (Lipinski definition) is 1. The van der Waals surface area contributed by atoms with E-state index >= 15 is 0 Å². The molecule has 0 saturated carbocycles. The summed E-state index contributed by atoms with van der Waals surface area (Å²) in [6, 6.07) is 0.400. The molecule has 0 fully saturated rings. The molecule has 0 rings (SSSR count). The van der Waals surface area contributed by atoms with Gasteiger partial charge in [-0.15, -0.1) is 0 Å². The maximum absolute atomic E-state index is 8.18. The Morgan fingerprint density at radius 2 is 1.73 bits per heavy atom. The number of amidine groups is 1. The second kappa shape index (κ2) is 5.50. The summed E-state index contributed by atoms with van der Waals surface area (Å²) in [5.41, 5.74) is -0.0589. The van der Waals surface area contributed by atoms with Gasteiger partial charge in [0.1, 0.15) is 5.84 Å². The Balaban J connectivity index is 4.55. The summed E-state index contributed by atoms with van der Waals surface area (Å²) in [5.74, 6) is 0.736. The fourth-order valence-corrected chi connectivity index (χ4v) is 1.75. The fraction of sp³-hybridized carbons (Fsp3) is 0.917. The van der Waals surface area contributed by atoms with Gasteiger partial charge in [-0.2, -0.15) is 0 Å². The first kappa shape index (κ1) is 14.4. The summed E-state index contributed by atoms with van der Waals surface area (Å²) >= 11 is 0. The molecule has 1 unspecified atom stereocenters. The van der Waals surface area contributed by atoms with Crippen LogP contribution < -0.4 is 0 Å². The summed E-state index contributed by atoms with van der Waals surface area (Å²) in [4.78, 5) is 4.35. The molecule has 0 aromatic heterocycles. The summed E-state index contributed by atoms with van der Waals surface area (Å²) in [7, 11) is 4.15. The van der Waals surface area contributed by atoms with Crippen LogP contribution >= 0.6 is 0 Å². The lowest BCUT2D eigenvalue weighted by atomic mass is 9.93. The van der Waals surface area contributed by atoms with Gasteiger partial charge in [0.2, 0.25) is 0 Å². The van der Waals surface area contributed by atoms with Crippen LogP contribution in [0.4, 0.5) is 0 Å². The van der Waals surface area contributed by atoms with E-state index in [1.807, 2.05) is 0 Å². The molecule has 0 aromatic rings. The van der Waals surface area contributed by atoms with Crippen LogP contribution in [0.5, 0.6) is 0 Å². The van der Waals surface area contributed by atoms with Crippen LogP contribution in [0.2, 0.25) is 0 Å². The van der Waals surface area contributed by atoms with Gasteiger partial charge < -0.3 is 9.80 Å². The van der Waals surface area contributed by atoms with E-state index in [2.05, 4.69) is 58.5 Å². The molecule has 0 amide bonds. The predicted molar refractivity (Wildman–Crippen MR) is 67.6 cm³/mol. The van der Waals surface area contributed by atoms with Gasteiger partial charge in [-0.25, -0.2) is 0 Å². The van der Waals surface area contributed by atoms with E-state index in [0.717, 1.165) is 18.9 Å². The minimum atomic E-state index is -0.0589. The molecule has 1 atom stereocenters.